The second-order valence-corrected chi connectivity index (χ2v) is 5.25. The van der Waals surface area contributed by atoms with Gasteiger partial charge in [0.05, 0.1) is 0 Å². The van der Waals surface area contributed by atoms with Crippen LogP contribution >= 0.6 is 0 Å². The van der Waals surface area contributed by atoms with Crippen molar-refractivity contribution in [3.8, 4) is 0 Å². The lowest BCUT2D eigenvalue weighted by atomic mass is 9.94. The molecule has 2 rings (SSSR count). The van der Waals surface area contributed by atoms with E-state index in [9.17, 15) is 0 Å². The SMILES string of the molecule is CCC1(C)CN(C2CCCC2)CCN1. The maximum atomic E-state index is 3.66. The Bertz CT molecular complexity index is 187. The molecule has 0 aromatic rings. The molecular weight excluding hydrogens is 172 g/mol. The predicted octanol–water partition coefficient (Wildman–Crippen LogP) is 2.00. The molecule has 1 atom stereocenters. The molecule has 1 aliphatic heterocycles. The molecule has 1 saturated heterocycles. The first-order chi connectivity index (χ1) is 6.73. The van der Waals surface area contributed by atoms with Crippen molar-refractivity contribution >= 4 is 0 Å². The Balaban J connectivity index is 1.93. The Labute approximate surface area is 88.1 Å². The van der Waals surface area contributed by atoms with Crippen LogP contribution in [0.25, 0.3) is 0 Å². The van der Waals surface area contributed by atoms with Crippen molar-refractivity contribution in [2.45, 2.75) is 57.5 Å². The Morgan fingerprint density at radius 1 is 1.36 bits per heavy atom. The van der Waals surface area contributed by atoms with Crippen LogP contribution < -0.4 is 5.32 Å². The van der Waals surface area contributed by atoms with E-state index in [1.165, 1.54) is 51.7 Å². The number of hydrogen-bond acceptors (Lipinski definition) is 2. The van der Waals surface area contributed by atoms with Crippen LogP contribution in [0, 0.1) is 0 Å². The van der Waals surface area contributed by atoms with Crippen LogP contribution in [-0.4, -0.2) is 36.1 Å². The van der Waals surface area contributed by atoms with Crippen molar-refractivity contribution in [3.63, 3.8) is 0 Å². The van der Waals surface area contributed by atoms with Gasteiger partial charge in [0.1, 0.15) is 0 Å². The molecular formula is C12H24N2. The predicted molar refractivity (Wildman–Crippen MR) is 60.5 cm³/mol. The Kier molecular flexibility index (Phi) is 3.13. The molecule has 0 aromatic carbocycles. The molecule has 0 amide bonds. The van der Waals surface area contributed by atoms with E-state index in [1.54, 1.807) is 0 Å². The van der Waals surface area contributed by atoms with Crippen molar-refractivity contribution < 1.29 is 0 Å². The topological polar surface area (TPSA) is 15.3 Å². The number of rotatable bonds is 2. The summed E-state index contributed by atoms with van der Waals surface area (Å²) in [6, 6.07) is 0.906. The van der Waals surface area contributed by atoms with Gasteiger partial charge in [-0.3, -0.25) is 4.90 Å². The summed E-state index contributed by atoms with van der Waals surface area (Å²) in [4.78, 5) is 2.73. The second kappa shape index (κ2) is 4.19. The van der Waals surface area contributed by atoms with Gasteiger partial charge >= 0.3 is 0 Å². The summed E-state index contributed by atoms with van der Waals surface area (Å²) in [6.45, 7) is 8.37. The summed E-state index contributed by atoms with van der Waals surface area (Å²) >= 11 is 0. The lowest BCUT2D eigenvalue weighted by molar-refractivity contribution is 0.0998. The van der Waals surface area contributed by atoms with E-state index in [1.807, 2.05) is 0 Å². The summed E-state index contributed by atoms with van der Waals surface area (Å²) in [5.74, 6) is 0. The number of hydrogen-bond donors (Lipinski definition) is 1. The highest BCUT2D eigenvalue weighted by molar-refractivity contribution is 4.92. The average molecular weight is 196 g/mol. The monoisotopic (exact) mass is 196 g/mol. The minimum atomic E-state index is 0.376. The largest absolute Gasteiger partial charge is 0.309 e. The first-order valence-electron chi connectivity index (χ1n) is 6.22. The van der Waals surface area contributed by atoms with Crippen LogP contribution in [0.15, 0.2) is 0 Å². The van der Waals surface area contributed by atoms with Crippen LogP contribution in [0.2, 0.25) is 0 Å². The highest BCUT2D eigenvalue weighted by Crippen LogP contribution is 2.26. The maximum Gasteiger partial charge on any atom is 0.0278 e. The lowest BCUT2D eigenvalue weighted by Crippen LogP contribution is -2.60. The second-order valence-electron chi connectivity index (χ2n) is 5.25. The van der Waals surface area contributed by atoms with E-state index in [-0.39, 0.29) is 0 Å². The van der Waals surface area contributed by atoms with Gasteiger partial charge in [0, 0.05) is 31.2 Å². The quantitative estimate of drug-likeness (QED) is 0.727. The van der Waals surface area contributed by atoms with Crippen LogP contribution in [0.4, 0.5) is 0 Å². The molecule has 0 spiro atoms. The summed E-state index contributed by atoms with van der Waals surface area (Å²) in [7, 11) is 0. The molecule has 1 aliphatic carbocycles. The molecule has 1 N–H and O–H groups in total. The van der Waals surface area contributed by atoms with E-state index in [2.05, 4.69) is 24.1 Å². The van der Waals surface area contributed by atoms with Gasteiger partial charge in [-0.2, -0.15) is 0 Å². The van der Waals surface area contributed by atoms with Gasteiger partial charge in [-0.05, 0) is 26.2 Å². The molecule has 1 unspecified atom stereocenters. The van der Waals surface area contributed by atoms with E-state index in [0.717, 1.165) is 6.04 Å². The van der Waals surface area contributed by atoms with E-state index in [4.69, 9.17) is 0 Å². The van der Waals surface area contributed by atoms with Gasteiger partial charge in [-0.25, -0.2) is 0 Å². The zero-order chi connectivity index (χ0) is 10.0. The fourth-order valence-electron chi connectivity index (χ4n) is 2.90. The van der Waals surface area contributed by atoms with Gasteiger partial charge in [0.15, 0.2) is 0 Å². The highest BCUT2D eigenvalue weighted by atomic mass is 15.2. The molecule has 2 heteroatoms. The first kappa shape index (κ1) is 10.4. The smallest absolute Gasteiger partial charge is 0.0278 e. The zero-order valence-electron chi connectivity index (χ0n) is 9.68. The summed E-state index contributed by atoms with van der Waals surface area (Å²) in [5.41, 5.74) is 0.376. The van der Waals surface area contributed by atoms with Crippen LogP contribution in [0.3, 0.4) is 0 Å². The van der Waals surface area contributed by atoms with Crippen molar-refractivity contribution in [3.05, 3.63) is 0 Å². The standard InChI is InChI=1S/C12H24N2/c1-3-12(2)10-14(9-8-13-12)11-6-4-5-7-11/h11,13H,3-10H2,1-2H3. The lowest BCUT2D eigenvalue weighted by Gasteiger charge is -2.43. The molecule has 2 nitrogen and oxygen atoms in total. The molecule has 1 heterocycles. The van der Waals surface area contributed by atoms with Gasteiger partial charge in [-0.15, -0.1) is 0 Å². The zero-order valence-corrected chi connectivity index (χ0v) is 9.68. The van der Waals surface area contributed by atoms with Crippen LogP contribution in [0.5, 0.6) is 0 Å². The third kappa shape index (κ3) is 2.12. The first-order valence-corrected chi connectivity index (χ1v) is 6.22. The van der Waals surface area contributed by atoms with Crippen LogP contribution in [0.1, 0.15) is 46.0 Å². The van der Waals surface area contributed by atoms with Gasteiger partial charge < -0.3 is 5.32 Å². The Morgan fingerprint density at radius 3 is 2.71 bits per heavy atom. The molecule has 14 heavy (non-hydrogen) atoms. The number of nitrogens with zero attached hydrogens (tertiary/aromatic N) is 1. The third-order valence-corrected chi connectivity index (χ3v) is 4.12. The molecule has 2 fully saturated rings. The van der Waals surface area contributed by atoms with E-state index < -0.39 is 0 Å². The van der Waals surface area contributed by atoms with E-state index >= 15 is 0 Å². The Morgan fingerprint density at radius 2 is 2.07 bits per heavy atom. The van der Waals surface area contributed by atoms with Crippen molar-refractivity contribution in [2.75, 3.05) is 19.6 Å². The molecule has 1 saturated carbocycles. The average Bonchev–Trinajstić information content (AvgIpc) is 2.71. The van der Waals surface area contributed by atoms with Crippen molar-refractivity contribution in [2.24, 2.45) is 0 Å². The van der Waals surface area contributed by atoms with Gasteiger partial charge in [0.2, 0.25) is 0 Å². The normalized spacial score (nSPS) is 36.4. The fraction of sp³-hybridized carbons (Fsp3) is 1.00. The van der Waals surface area contributed by atoms with E-state index in [0.29, 0.717) is 5.54 Å². The molecule has 0 bridgehead atoms. The van der Waals surface area contributed by atoms with Crippen LogP contribution in [-0.2, 0) is 0 Å². The number of nitrogens with one attached hydrogen (secondary N) is 1. The molecule has 82 valence electrons. The molecule has 0 aromatic heterocycles. The minimum Gasteiger partial charge on any atom is -0.309 e. The summed E-state index contributed by atoms with van der Waals surface area (Å²) in [5, 5.41) is 3.66. The van der Waals surface area contributed by atoms with Crippen molar-refractivity contribution in [1.29, 1.82) is 0 Å². The fourth-order valence-corrected chi connectivity index (χ4v) is 2.90. The molecule has 2 aliphatic rings. The Hall–Kier alpha value is -0.0800. The maximum absolute atomic E-state index is 3.66. The number of piperazine rings is 1. The van der Waals surface area contributed by atoms with Gasteiger partial charge in [-0.1, -0.05) is 19.8 Å². The minimum absolute atomic E-state index is 0.376. The van der Waals surface area contributed by atoms with Gasteiger partial charge in [0.25, 0.3) is 0 Å². The summed E-state index contributed by atoms with van der Waals surface area (Å²) < 4.78 is 0. The third-order valence-electron chi connectivity index (χ3n) is 4.12. The summed E-state index contributed by atoms with van der Waals surface area (Å²) in [6.07, 6.45) is 7.05. The molecule has 0 radical (unpaired) electrons. The van der Waals surface area contributed by atoms with Crippen molar-refractivity contribution in [1.82, 2.24) is 10.2 Å². The highest BCUT2D eigenvalue weighted by Gasteiger charge is 2.32.